The minimum absolute atomic E-state index is 0.182. The van der Waals surface area contributed by atoms with E-state index in [4.69, 9.17) is 14.2 Å². The number of alkyl halides is 1. The van der Waals surface area contributed by atoms with Gasteiger partial charge < -0.3 is 19.1 Å². The van der Waals surface area contributed by atoms with Crippen LogP contribution in [0.1, 0.15) is 36.8 Å². The summed E-state index contributed by atoms with van der Waals surface area (Å²) < 4.78 is 17.9. The third-order valence-electron chi connectivity index (χ3n) is 7.17. The predicted octanol–water partition coefficient (Wildman–Crippen LogP) is 3.79. The van der Waals surface area contributed by atoms with Gasteiger partial charge in [-0.3, -0.25) is 0 Å². The van der Waals surface area contributed by atoms with E-state index in [0.29, 0.717) is 12.0 Å². The van der Waals surface area contributed by atoms with Crippen molar-refractivity contribution in [1.29, 1.82) is 0 Å². The summed E-state index contributed by atoms with van der Waals surface area (Å²) in [4.78, 5) is 4.56. The molecule has 5 rings (SSSR count). The summed E-state index contributed by atoms with van der Waals surface area (Å²) in [6, 6.07) is 7.36. The molecule has 2 aliphatic carbocycles. The van der Waals surface area contributed by atoms with Crippen molar-refractivity contribution in [3.8, 4) is 5.75 Å². The van der Waals surface area contributed by atoms with E-state index in [0.717, 1.165) is 44.8 Å². The number of likely N-dealkylation sites (N-methyl/N-ethyl adjacent to an activating group) is 1. The van der Waals surface area contributed by atoms with E-state index in [-0.39, 0.29) is 11.2 Å². The van der Waals surface area contributed by atoms with Crippen LogP contribution < -0.4 is 4.74 Å². The Kier molecular flexibility index (Phi) is 5.27. The Balaban J connectivity index is 0.000000814. The van der Waals surface area contributed by atoms with Gasteiger partial charge in [0.25, 0.3) is 0 Å². The Bertz CT molecular complexity index is 661. The lowest BCUT2D eigenvalue weighted by atomic mass is 9.51. The van der Waals surface area contributed by atoms with E-state index >= 15 is 0 Å². The zero-order valence-corrected chi connectivity index (χ0v) is 18.3. The molecule has 1 aromatic rings. The molecular formula is C21H30INO3. The van der Waals surface area contributed by atoms with Crippen LogP contribution in [0.5, 0.6) is 5.75 Å². The zero-order valence-electron chi connectivity index (χ0n) is 16.1. The average Bonchev–Trinajstić information content (AvgIpc) is 3.13. The van der Waals surface area contributed by atoms with Crippen molar-refractivity contribution in [2.45, 2.75) is 49.3 Å². The summed E-state index contributed by atoms with van der Waals surface area (Å²) in [5, 5.41) is 0. The highest BCUT2D eigenvalue weighted by Crippen LogP contribution is 2.59. The van der Waals surface area contributed by atoms with Gasteiger partial charge in [0.1, 0.15) is 5.75 Å². The van der Waals surface area contributed by atoms with E-state index in [1.54, 1.807) is 7.11 Å². The first-order valence-corrected chi connectivity index (χ1v) is 11.8. The van der Waals surface area contributed by atoms with Gasteiger partial charge in [0.05, 0.1) is 20.3 Å². The molecule has 4 nitrogen and oxygen atoms in total. The second-order valence-electron chi connectivity index (χ2n) is 8.11. The van der Waals surface area contributed by atoms with Crippen LogP contribution in [-0.2, 0) is 21.3 Å². The molecule has 1 spiro atoms. The Hall–Kier alpha value is -0.370. The SMILES string of the molecule is CI.COc1ccc2c(c1)[C@@]13CCN(C)[C@@H](C2)[C@@H]1CCC1(C3)OCCO1. The molecule has 26 heavy (non-hydrogen) atoms. The van der Waals surface area contributed by atoms with Crippen molar-refractivity contribution < 1.29 is 14.2 Å². The number of hydrogen-bond acceptors (Lipinski definition) is 4. The highest BCUT2D eigenvalue weighted by molar-refractivity contribution is 14.1. The van der Waals surface area contributed by atoms with Crippen molar-refractivity contribution in [3.63, 3.8) is 0 Å². The van der Waals surface area contributed by atoms with Crippen LogP contribution in [0.2, 0.25) is 0 Å². The molecule has 0 amide bonds. The molecular weight excluding hydrogens is 441 g/mol. The summed E-state index contributed by atoms with van der Waals surface area (Å²) in [5.74, 6) is 1.34. The Morgan fingerprint density at radius 3 is 2.69 bits per heavy atom. The van der Waals surface area contributed by atoms with Gasteiger partial charge in [-0.25, -0.2) is 0 Å². The quantitative estimate of drug-likeness (QED) is 0.461. The van der Waals surface area contributed by atoms with Crippen molar-refractivity contribution in [2.75, 3.05) is 38.8 Å². The molecule has 1 aromatic carbocycles. The van der Waals surface area contributed by atoms with Gasteiger partial charge in [-0.2, -0.15) is 0 Å². The first-order valence-electron chi connectivity index (χ1n) is 9.69. The second kappa shape index (κ2) is 7.22. The number of rotatable bonds is 1. The van der Waals surface area contributed by atoms with E-state index < -0.39 is 0 Å². The highest BCUT2D eigenvalue weighted by atomic mass is 127. The monoisotopic (exact) mass is 471 g/mol. The van der Waals surface area contributed by atoms with Gasteiger partial charge in [0.15, 0.2) is 5.79 Å². The van der Waals surface area contributed by atoms with Crippen LogP contribution >= 0.6 is 22.6 Å². The maximum absolute atomic E-state index is 6.15. The molecule has 2 aliphatic heterocycles. The minimum Gasteiger partial charge on any atom is -0.497 e. The molecule has 2 bridgehead atoms. The molecule has 3 atom stereocenters. The number of likely N-dealkylation sites (tertiary alicyclic amines) is 1. The van der Waals surface area contributed by atoms with Crippen LogP contribution in [0.3, 0.4) is 0 Å². The summed E-state index contributed by atoms with van der Waals surface area (Å²) in [6.45, 7) is 2.65. The molecule has 3 fully saturated rings. The molecule has 4 aliphatic rings. The Morgan fingerprint density at radius 1 is 1.19 bits per heavy atom. The van der Waals surface area contributed by atoms with Crippen LogP contribution in [0, 0.1) is 5.92 Å². The largest absolute Gasteiger partial charge is 0.497 e. The molecule has 2 heterocycles. The van der Waals surface area contributed by atoms with Gasteiger partial charge in [-0.1, -0.05) is 28.7 Å². The smallest absolute Gasteiger partial charge is 0.169 e. The first kappa shape index (κ1) is 19.0. The van der Waals surface area contributed by atoms with Crippen LogP contribution in [0.15, 0.2) is 18.2 Å². The van der Waals surface area contributed by atoms with E-state index in [9.17, 15) is 0 Å². The standard InChI is InChI=1S/C20H27NO3.CH3I/c1-21-8-7-19-13-20(23-9-10-24-20)6-5-16(19)18(21)11-14-3-4-15(22-2)12-17(14)19;1-2/h3-4,12,16,18H,5-11,13H2,1-2H3;1H3/t16-,18-,19+;/m0./s1. The first-order chi connectivity index (χ1) is 12.7. The lowest BCUT2D eigenvalue weighted by molar-refractivity contribution is -0.212. The third kappa shape index (κ3) is 2.81. The number of piperidine rings is 1. The number of ether oxygens (including phenoxy) is 3. The number of hydrogen-bond donors (Lipinski definition) is 0. The normalized spacial score (nSPS) is 34.5. The van der Waals surface area contributed by atoms with E-state index in [2.05, 4.69) is 52.7 Å². The summed E-state index contributed by atoms with van der Waals surface area (Å²) in [7, 11) is 4.07. The maximum Gasteiger partial charge on any atom is 0.169 e. The van der Waals surface area contributed by atoms with E-state index in [1.165, 1.54) is 24.0 Å². The second-order valence-corrected chi connectivity index (χ2v) is 8.11. The predicted molar refractivity (Wildman–Crippen MR) is 111 cm³/mol. The Morgan fingerprint density at radius 2 is 1.96 bits per heavy atom. The molecule has 0 N–H and O–H groups in total. The zero-order chi connectivity index (χ0) is 18.4. The Labute approximate surface area is 170 Å². The topological polar surface area (TPSA) is 30.9 Å². The molecule has 0 unspecified atom stereocenters. The van der Waals surface area contributed by atoms with E-state index in [1.807, 2.05) is 4.93 Å². The lowest BCUT2D eigenvalue weighted by Gasteiger charge is -2.60. The summed E-state index contributed by atoms with van der Waals surface area (Å²) in [5.41, 5.74) is 3.19. The number of nitrogens with zero attached hydrogens (tertiary/aromatic N) is 1. The lowest BCUT2D eigenvalue weighted by Crippen LogP contribution is -2.63. The molecule has 0 radical (unpaired) electrons. The summed E-state index contributed by atoms with van der Waals surface area (Å²) >= 11 is 2.15. The van der Waals surface area contributed by atoms with Crippen LogP contribution in [0.4, 0.5) is 0 Å². The number of halogens is 1. The number of benzene rings is 1. The fraction of sp³-hybridized carbons (Fsp3) is 0.714. The summed E-state index contributed by atoms with van der Waals surface area (Å²) in [6.07, 6.45) is 5.61. The number of fused-ring (bicyclic) bond motifs is 1. The molecule has 5 heteroatoms. The maximum atomic E-state index is 6.15. The fourth-order valence-corrected chi connectivity index (χ4v) is 6.06. The van der Waals surface area contributed by atoms with Crippen LogP contribution in [0.25, 0.3) is 0 Å². The molecule has 2 saturated heterocycles. The van der Waals surface area contributed by atoms with Crippen molar-refractivity contribution in [3.05, 3.63) is 29.3 Å². The van der Waals surface area contributed by atoms with Crippen LogP contribution in [-0.4, -0.2) is 55.6 Å². The molecule has 1 saturated carbocycles. The molecule has 144 valence electrons. The van der Waals surface area contributed by atoms with Gasteiger partial charge >= 0.3 is 0 Å². The minimum atomic E-state index is -0.339. The van der Waals surface area contributed by atoms with Crippen molar-refractivity contribution >= 4 is 22.6 Å². The van der Waals surface area contributed by atoms with Gasteiger partial charge in [-0.05, 0) is 67.0 Å². The number of methoxy groups -OCH3 is 1. The third-order valence-corrected chi connectivity index (χ3v) is 7.17. The molecule has 0 aromatic heterocycles. The average molecular weight is 471 g/mol. The van der Waals surface area contributed by atoms with Crippen molar-refractivity contribution in [2.24, 2.45) is 5.92 Å². The van der Waals surface area contributed by atoms with Gasteiger partial charge in [0.2, 0.25) is 0 Å². The van der Waals surface area contributed by atoms with Crippen molar-refractivity contribution in [1.82, 2.24) is 4.90 Å². The highest BCUT2D eigenvalue weighted by Gasteiger charge is 2.60. The fourth-order valence-electron chi connectivity index (χ4n) is 6.06. The van der Waals surface area contributed by atoms with Gasteiger partial charge in [0, 0.05) is 24.3 Å². The van der Waals surface area contributed by atoms with Gasteiger partial charge in [-0.15, -0.1) is 0 Å².